The molecular weight excluding hydrogens is 428 g/mol. The molecular formula is C24H30N2O7. The summed E-state index contributed by atoms with van der Waals surface area (Å²) in [5, 5.41) is 2.77. The van der Waals surface area contributed by atoms with Gasteiger partial charge in [-0.1, -0.05) is 0 Å². The molecule has 0 aliphatic heterocycles. The van der Waals surface area contributed by atoms with Gasteiger partial charge in [-0.3, -0.25) is 14.4 Å². The number of carbonyl (C=O) groups excluding carboxylic acids is 3. The van der Waals surface area contributed by atoms with Crippen LogP contribution in [0.4, 0.5) is 5.69 Å². The van der Waals surface area contributed by atoms with E-state index in [1.807, 2.05) is 0 Å². The van der Waals surface area contributed by atoms with Crippen LogP contribution >= 0.6 is 0 Å². The van der Waals surface area contributed by atoms with Crippen LogP contribution in [0.1, 0.15) is 40.5 Å². The van der Waals surface area contributed by atoms with Gasteiger partial charge in [0.25, 0.3) is 5.91 Å². The second kappa shape index (κ2) is 11.8. The summed E-state index contributed by atoms with van der Waals surface area (Å²) in [6.45, 7) is 1.74. The molecule has 2 amide bonds. The van der Waals surface area contributed by atoms with E-state index in [0.29, 0.717) is 40.7 Å². The molecule has 9 heteroatoms. The first-order valence-corrected chi connectivity index (χ1v) is 10.3. The molecule has 0 aliphatic rings. The van der Waals surface area contributed by atoms with E-state index in [1.165, 1.54) is 39.2 Å². The molecule has 9 nitrogen and oxygen atoms in total. The lowest BCUT2D eigenvalue weighted by atomic mass is 10.1. The summed E-state index contributed by atoms with van der Waals surface area (Å²) in [6.07, 6.45) is 0.589. The molecule has 0 unspecified atom stereocenters. The molecule has 1 N–H and O–H groups in total. The lowest BCUT2D eigenvalue weighted by molar-refractivity contribution is -0.116. The Morgan fingerprint density at radius 3 is 2.06 bits per heavy atom. The predicted octanol–water partition coefficient (Wildman–Crippen LogP) is 3.41. The number of ketones is 1. The largest absolute Gasteiger partial charge is 0.493 e. The van der Waals surface area contributed by atoms with Gasteiger partial charge in [-0.25, -0.2) is 0 Å². The van der Waals surface area contributed by atoms with E-state index in [-0.39, 0.29) is 36.2 Å². The molecule has 2 aromatic carbocycles. The van der Waals surface area contributed by atoms with E-state index in [0.717, 1.165) is 0 Å². The van der Waals surface area contributed by atoms with Crippen LogP contribution in [0.2, 0.25) is 0 Å². The Hall–Kier alpha value is -3.75. The number of hydrogen-bond acceptors (Lipinski definition) is 7. The average molecular weight is 459 g/mol. The number of carbonyl (C=O) groups is 3. The summed E-state index contributed by atoms with van der Waals surface area (Å²) in [6, 6.07) is 8.04. The minimum atomic E-state index is -0.282. The van der Waals surface area contributed by atoms with Crippen LogP contribution in [0.3, 0.4) is 0 Å². The summed E-state index contributed by atoms with van der Waals surface area (Å²) in [5.41, 5.74) is 1.15. The standard InChI is InChI=1S/C24H30N2O7/c1-15(27)16-9-10-19(20(12-16)30-4)33-11-7-8-23(28)25-18-14-22(32-6)21(31-5)13-17(18)24(29)26(2)3/h9-10,12-14H,7-8,11H2,1-6H3,(H,25,28). The molecule has 33 heavy (non-hydrogen) atoms. The first-order chi connectivity index (χ1) is 15.7. The number of hydrogen-bond donors (Lipinski definition) is 1. The highest BCUT2D eigenvalue weighted by atomic mass is 16.5. The first kappa shape index (κ1) is 25.5. The van der Waals surface area contributed by atoms with Crippen LogP contribution < -0.4 is 24.3 Å². The van der Waals surface area contributed by atoms with E-state index in [4.69, 9.17) is 18.9 Å². The SMILES string of the molecule is COc1cc(NC(=O)CCCOc2ccc(C(C)=O)cc2OC)c(C(=O)N(C)C)cc1OC. The summed E-state index contributed by atoms with van der Waals surface area (Å²) in [5.74, 6) is 1.09. The van der Waals surface area contributed by atoms with Crippen molar-refractivity contribution in [2.75, 3.05) is 47.3 Å². The van der Waals surface area contributed by atoms with Crippen molar-refractivity contribution < 1.29 is 33.3 Å². The molecule has 2 aromatic rings. The van der Waals surface area contributed by atoms with Crippen molar-refractivity contribution in [1.29, 1.82) is 0 Å². The topological polar surface area (TPSA) is 103 Å². The lowest BCUT2D eigenvalue weighted by Crippen LogP contribution is -2.24. The molecule has 0 saturated carbocycles. The van der Waals surface area contributed by atoms with Crippen molar-refractivity contribution in [3.05, 3.63) is 41.5 Å². The van der Waals surface area contributed by atoms with Gasteiger partial charge in [0.2, 0.25) is 5.91 Å². The Bertz CT molecular complexity index is 1020. The quantitative estimate of drug-likeness (QED) is 0.406. The van der Waals surface area contributed by atoms with Gasteiger partial charge in [0.1, 0.15) is 0 Å². The van der Waals surface area contributed by atoms with Gasteiger partial charge in [-0.05, 0) is 37.6 Å². The molecule has 0 aromatic heterocycles. The predicted molar refractivity (Wildman–Crippen MR) is 124 cm³/mol. The van der Waals surface area contributed by atoms with Crippen molar-refractivity contribution in [1.82, 2.24) is 4.90 Å². The van der Waals surface area contributed by atoms with Crippen LogP contribution in [0.15, 0.2) is 30.3 Å². The minimum absolute atomic E-state index is 0.0706. The summed E-state index contributed by atoms with van der Waals surface area (Å²) in [4.78, 5) is 38.0. The highest BCUT2D eigenvalue weighted by molar-refractivity contribution is 6.04. The van der Waals surface area contributed by atoms with E-state index >= 15 is 0 Å². The Morgan fingerprint density at radius 1 is 0.879 bits per heavy atom. The van der Waals surface area contributed by atoms with Gasteiger partial charge in [0.05, 0.1) is 39.2 Å². The Balaban J connectivity index is 2.03. The molecule has 0 saturated heterocycles. The number of rotatable bonds is 11. The Morgan fingerprint density at radius 2 is 1.48 bits per heavy atom. The molecule has 0 heterocycles. The van der Waals surface area contributed by atoms with Crippen LogP contribution in [0.5, 0.6) is 23.0 Å². The second-order valence-electron chi connectivity index (χ2n) is 7.37. The van der Waals surface area contributed by atoms with Gasteiger partial charge in [-0.2, -0.15) is 0 Å². The summed E-state index contributed by atoms with van der Waals surface area (Å²) < 4.78 is 21.5. The minimum Gasteiger partial charge on any atom is -0.493 e. The third-order valence-corrected chi connectivity index (χ3v) is 4.81. The van der Waals surface area contributed by atoms with Gasteiger partial charge >= 0.3 is 0 Å². The summed E-state index contributed by atoms with van der Waals surface area (Å²) >= 11 is 0. The fraction of sp³-hybridized carbons (Fsp3) is 0.375. The molecule has 0 fully saturated rings. The monoisotopic (exact) mass is 458 g/mol. The zero-order chi connectivity index (χ0) is 24.5. The number of Topliss-reactive ketones (excluding diaryl/α,β-unsaturated/α-hetero) is 1. The average Bonchev–Trinajstić information content (AvgIpc) is 2.80. The van der Waals surface area contributed by atoms with Crippen molar-refractivity contribution >= 4 is 23.3 Å². The molecule has 2 rings (SSSR count). The highest BCUT2D eigenvalue weighted by Crippen LogP contribution is 2.34. The van der Waals surface area contributed by atoms with Crippen LogP contribution in [0.25, 0.3) is 0 Å². The normalized spacial score (nSPS) is 10.2. The molecule has 0 spiro atoms. The third-order valence-electron chi connectivity index (χ3n) is 4.81. The van der Waals surface area contributed by atoms with Crippen molar-refractivity contribution in [3.8, 4) is 23.0 Å². The van der Waals surface area contributed by atoms with Crippen molar-refractivity contribution in [2.24, 2.45) is 0 Å². The first-order valence-electron chi connectivity index (χ1n) is 10.3. The highest BCUT2D eigenvalue weighted by Gasteiger charge is 2.20. The smallest absolute Gasteiger partial charge is 0.255 e. The maximum absolute atomic E-state index is 12.6. The van der Waals surface area contributed by atoms with Crippen molar-refractivity contribution in [2.45, 2.75) is 19.8 Å². The van der Waals surface area contributed by atoms with Crippen LogP contribution in [-0.2, 0) is 4.79 Å². The van der Waals surface area contributed by atoms with Crippen molar-refractivity contribution in [3.63, 3.8) is 0 Å². The van der Waals surface area contributed by atoms with E-state index in [2.05, 4.69) is 5.32 Å². The Kier molecular flexibility index (Phi) is 9.08. The van der Waals surface area contributed by atoms with E-state index in [1.54, 1.807) is 38.4 Å². The fourth-order valence-corrected chi connectivity index (χ4v) is 3.03. The number of nitrogens with one attached hydrogen (secondary N) is 1. The number of ether oxygens (including phenoxy) is 4. The van der Waals surface area contributed by atoms with Crippen LogP contribution in [-0.4, -0.2) is 64.5 Å². The summed E-state index contributed by atoms with van der Waals surface area (Å²) in [7, 11) is 7.70. The number of methoxy groups -OCH3 is 3. The lowest BCUT2D eigenvalue weighted by Gasteiger charge is -2.18. The third kappa shape index (κ3) is 6.61. The van der Waals surface area contributed by atoms with Gasteiger partial charge in [-0.15, -0.1) is 0 Å². The number of nitrogens with zero attached hydrogens (tertiary/aromatic N) is 1. The molecule has 0 radical (unpaired) electrons. The van der Waals surface area contributed by atoms with E-state index < -0.39 is 0 Å². The number of benzene rings is 2. The molecule has 0 atom stereocenters. The number of anilines is 1. The second-order valence-corrected chi connectivity index (χ2v) is 7.37. The van der Waals surface area contributed by atoms with Gasteiger partial charge in [0, 0.05) is 32.1 Å². The Labute approximate surface area is 193 Å². The fourth-order valence-electron chi connectivity index (χ4n) is 3.03. The molecule has 0 aliphatic carbocycles. The zero-order valence-electron chi connectivity index (χ0n) is 19.8. The number of amides is 2. The zero-order valence-corrected chi connectivity index (χ0v) is 19.8. The molecule has 0 bridgehead atoms. The van der Waals surface area contributed by atoms with Gasteiger partial charge in [0.15, 0.2) is 28.8 Å². The van der Waals surface area contributed by atoms with Gasteiger partial charge < -0.3 is 29.2 Å². The maximum atomic E-state index is 12.6. The van der Waals surface area contributed by atoms with Crippen LogP contribution in [0, 0.1) is 0 Å². The van der Waals surface area contributed by atoms with E-state index in [9.17, 15) is 14.4 Å². The maximum Gasteiger partial charge on any atom is 0.255 e. The molecule has 178 valence electrons.